The molecule has 206 valence electrons. The van der Waals surface area contributed by atoms with Gasteiger partial charge in [-0.1, -0.05) is 12.1 Å². The number of carbonyl (C=O) groups excluding carboxylic acids is 2. The maximum absolute atomic E-state index is 12.8. The van der Waals surface area contributed by atoms with Crippen LogP contribution in [0.2, 0.25) is 0 Å². The first-order chi connectivity index (χ1) is 18.3. The first kappa shape index (κ1) is 27.9. The maximum atomic E-state index is 12.8. The number of nitrogens with zero attached hydrogens (tertiary/aromatic N) is 4. The Morgan fingerprint density at radius 2 is 1.68 bits per heavy atom. The number of likely N-dealkylation sites (N-methyl/N-ethyl adjacent to an activating group) is 1. The molecule has 2 amide bonds. The number of likely N-dealkylation sites (tertiary alicyclic amines) is 1. The number of pyridine rings is 1. The van der Waals surface area contributed by atoms with E-state index < -0.39 is 0 Å². The van der Waals surface area contributed by atoms with Crippen molar-refractivity contribution in [3.63, 3.8) is 0 Å². The van der Waals surface area contributed by atoms with E-state index in [1.54, 1.807) is 24.3 Å². The lowest BCUT2D eigenvalue weighted by Gasteiger charge is -2.32. The van der Waals surface area contributed by atoms with Crippen molar-refractivity contribution >= 4 is 12.0 Å². The van der Waals surface area contributed by atoms with E-state index in [0.717, 1.165) is 61.5 Å². The van der Waals surface area contributed by atoms with Gasteiger partial charge in [-0.3, -0.25) is 9.78 Å². The second kappa shape index (κ2) is 13.1. The normalized spacial score (nSPS) is 17.1. The highest BCUT2D eigenvalue weighted by Crippen LogP contribution is 2.29. The molecule has 2 saturated heterocycles. The Balaban J connectivity index is 1.35. The van der Waals surface area contributed by atoms with Crippen molar-refractivity contribution < 1.29 is 23.8 Å². The average molecular weight is 525 g/mol. The Bertz CT molecular complexity index is 1070. The van der Waals surface area contributed by atoms with Crippen molar-refractivity contribution in [1.29, 1.82) is 0 Å². The largest absolute Gasteiger partial charge is 0.493 e. The number of ether oxygens (including phenoxy) is 3. The maximum Gasteiger partial charge on any atom is 0.410 e. The zero-order chi connectivity index (χ0) is 27.1. The van der Waals surface area contributed by atoms with Gasteiger partial charge in [-0.05, 0) is 63.4 Å². The molecular formula is C29H40N4O5. The highest BCUT2D eigenvalue weighted by molar-refractivity contribution is 5.92. The van der Waals surface area contributed by atoms with Crippen LogP contribution >= 0.6 is 0 Å². The van der Waals surface area contributed by atoms with Gasteiger partial charge in [-0.15, -0.1) is 0 Å². The molecule has 2 fully saturated rings. The molecule has 1 aromatic carbocycles. The fourth-order valence-electron chi connectivity index (χ4n) is 4.80. The number of carbonyl (C=O) groups is 2. The van der Waals surface area contributed by atoms with Gasteiger partial charge in [0, 0.05) is 63.7 Å². The van der Waals surface area contributed by atoms with Crippen LogP contribution in [0, 0.1) is 5.92 Å². The van der Waals surface area contributed by atoms with E-state index in [0.29, 0.717) is 37.9 Å². The van der Waals surface area contributed by atoms with E-state index in [4.69, 9.17) is 14.2 Å². The smallest absolute Gasteiger partial charge is 0.410 e. The summed E-state index contributed by atoms with van der Waals surface area (Å²) in [5, 5.41) is 0. The van der Waals surface area contributed by atoms with Crippen molar-refractivity contribution in [2.75, 3.05) is 60.0 Å². The fraction of sp³-hybridized carbons (Fsp3) is 0.552. The van der Waals surface area contributed by atoms with E-state index in [9.17, 15) is 9.59 Å². The van der Waals surface area contributed by atoms with Gasteiger partial charge >= 0.3 is 6.09 Å². The molecule has 0 unspecified atom stereocenters. The van der Waals surface area contributed by atoms with Gasteiger partial charge in [0.25, 0.3) is 5.91 Å². The van der Waals surface area contributed by atoms with Crippen molar-refractivity contribution in [2.45, 2.75) is 39.4 Å². The number of rotatable bonds is 8. The Morgan fingerprint density at radius 3 is 2.32 bits per heavy atom. The first-order valence-corrected chi connectivity index (χ1v) is 13.5. The molecule has 0 atom stereocenters. The number of aromatic nitrogens is 1. The number of hydrogen-bond donors (Lipinski definition) is 0. The van der Waals surface area contributed by atoms with Crippen LogP contribution in [0.3, 0.4) is 0 Å². The van der Waals surface area contributed by atoms with Gasteiger partial charge in [0.05, 0.1) is 19.3 Å². The molecule has 38 heavy (non-hydrogen) atoms. The molecule has 2 aromatic rings. The fourth-order valence-corrected chi connectivity index (χ4v) is 4.80. The molecule has 0 saturated carbocycles. The minimum absolute atomic E-state index is 0.0175. The predicted octanol–water partition coefficient (Wildman–Crippen LogP) is 3.92. The lowest BCUT2D eigenvalue weighted by atomic mass is 9.98. The van der Waals surface area contributed by atoms with E-state index in [-0.39, 0.29) is 18.1 Å². The molecule has 0 radical (unpaired) electrons. The van der Waals surface area contributed by atoms with Crippen LogP contribution in [0.5, 0.6) is 5.75 Å². The summed E-state index contributed by atoms with van der Waals surface area (Å²) in [6.45, 7) is 9.33. The molecule has 9 nitrogen and oxygen atoms in total. The molecule has 0 aliphatic carbocycles. The minimum Gasteiger partial charge on any atom is -0.493 e. The molecule has 9 heteroatoms. The van der Waals surface area contributed by atoms with E-state index in [1.165, 1.54) is 0 Å². The SMILES string of the molecule is COCc1cc(-c2ccc(C(=O)N3CCN(C)CC3)nc2)ccc1OCC1CCN(C(=O)OC(C)C)CC1. The van der Waals surface area contributed by atoms with Crippen LogP contribution in [0.25, 0.3) is 11.1 Å². The highest BCUT2D eigenvalue weighted by atomic mass is 16.6. The monoisotopic (exact) mass is 524 g/mol. The van der Waals surface area contributed by atoms with Crippen molar-refractivity contribution in [1.82, 2.24) is 19.7 Å². The van der Waals surface area contributed by atoms with Gasteiger partial charge in [0.2, 0.25) is 0 Å². The number of piperazine rings is 1. The van der Waals surface area contributed by atoms with Crippen molar-refractivity contribution in [3.8, 4) is 16.9 Å². The summed E-state index contributed by atoms with van der Waals surface area (Å²) >= 11 is 0. The summed E-state index contributed by atoms with van der Waals surface area (Å²) < 4.78 is 17.0. The van der Waals surface area contributed by atoms with Crippen molar-refractivity contribution in [3.05, 3.63) is 47.8 Å². The molecule has 2 aliphatic heterocycles. The Hall–Kier alpha value is -3.17. The molecule has 4 rings (SSSR count). The number of amides is 2. The summed E-state index contributed by atoms with van der Waals surface area (Å²) in [7, 11) is 3.74. The average Bonchev–Trinajstić information content (AvgIpc) is 2.92. The third-order valence-electron chi connectivity index (χ3n) is 7.15. The van der Waals surface area contributed by atoms with Gasteiger partial charge < -0.3 is 28.9 Å². The molecule has 3 heterocycles. The number of piperidine rings is 1. The van der Waals surface area contributed by atoms with Gasteiger partial charge in [-0.25, -0.2) is 4.79 Å². The Morgan fingerprint density at radius 1 is 0.974 bits per heavy atom. The number of methoxy groups -OCH3 is 1. The van der Waals surface area contributed by atoms with Crippen LogP contribution < -0.4 is 4.74 Å². The van der Waals surface area contributed by atoms with Gasteiger partial charge in [-0.2, -0.15) is 0 Å². The predicted molar refractivity (Wildman–Crippen MR) is 145 cm³/mol. The summed E-state index contributed by atoms with van der Waals surface area (Å²) in [5.41, 5.74) is 3.36. The third-order valence-corrected chi connectivity index (χ3v) is 7.15. The van der Waals surface area contributed by atoms with Crippen molar-refractivity contribution in [2.24, 2.45) is 5.92 Å². The lowest BCUT2D eigenvalue weighted by molar-refractivity contribution is 0.0605. The molecule has 0 spiro atoms. The second-order valence-electron chi connectivity index (χ2n) is 10.5. The van der Waals surface area contributed by atoms with E-state index in [2.05, 4.69) is 23.0 Å². The quantitative estimate of drug-likeness (QED) is 0.518. The minimum atomic E-state index is -0.233. The van der Waals surface area contributed by atoms with Crippen LogP contribution in [0.15, 0.2) is 36.5 Å². The molecule has 0 bridgehead atoms. The second-order valence-corrected chi connectivity index (χ2v) is 10.5. The first-order valence-electron chi connectivity index (χ1n) is 13.5. The summed E-state index contributed by atoms with van der Waals surface area (Å²) in [6.07, 6.45) is 3.19. The van der Waals surface area contributed by atoms with Crippen LogP contribution in [0.4, 0.5) is 4.79 Å². The zero-order valence-electron chi connectivity index (χ0n) is 23.0. The third kappa shape index (κ3) is 7.23. The molecule has 2 aliphatic rings. The van der Waals surface area contributed by atoms with E-state index in [1.807, 2.05) is 36.9 Å². The Kier molecular flexibility index (Phi) is 9.58. The van der Waals surface area contributed by atoms with Crippen LogP contribution in [-0.4, -0.2) is 97.8 Å². The van der Waals surface area contributed by atoms with Crippen LogP contribution in [0.1, 0.15) is 42.7 Å². The number of hydrogen-bond acceptors (Lipinski definition) is 7. The summed E-state index contributed by atoms with van der Waals surface area (Å²) in [5.74, 6) is 1.16. The number of benzene rings is 1. The summed E-state index contributed by atoms with van der Waals surface area (Å²) in [4.78, 5) is 35.3. The highest BCUT2D eigenvalue weighted by Gasteiger charge is 2.25. The summed E-state index contributed by atoms with van der Waals surface area (Å²) in [6, 6.07) is 9.79. The lowest BCUT2D eigenvalue weighted by Crippen LogP contribution is -2.47. The van der Waals surface area contributed by atoms with Gasteiger partial charge in [0.15, 0.2) is 0 Å². The standard InChI is InChI=1S/C29H40N4O5/c1-21(2)38-29(35)33-11-9-22(10-12-33)19-37-27-8-6-23(17-25(27)20-36-4)24-5-7-26(30-18-24)28(34)32-15-13-31(3)14-16-32/h5-8,17-18,21-22H,9-16,19-20H2,1-4H3. The van der Waals surface area contributed by atoms with E-state index >= 15 is 0 Å². The molecule has 0 N–H and O–H groups in total. The zero-order valence-corrected chi connectivity index (χ0v) is 23.0. The molecular weight excluding hydrogens is 484 g/mol. The Labute approximate surface area is 225 Å². The topological polar surface area (TPSA) is 84.4 Å². The van der Waals surface area contributed by atoms with Crippen LogP contribution in [-0.2, 0) is 16.1 Å². The van der Waals surface area contributed by atoms with Gasteiger partial charge in [0.1, 0.15) is 11.4 Å². The molecule has 1 aromatic heterocycles.